The molecule has 0 bridgehead atoms. The van der Waals surface area contributed by atoms with E-state index < -0.39 is 11.8 Å². The van der Waals surface area contributed by atoms with Crippen LogP contribution >= 0.6 is 35.4 Å². The van der Waals surface area contributed by atoms with Crippen molar-refractivity contribution in [1.29, 1.82) is 0 Å². The fourth-order valence-corrected chi connectivity index (χ4v) is 2.13. The van der Waals surface area contributed by atoms with Gasteiger partial charge >= 0.3 is 0 Å². The van der Waals surface area contributed by atoms with Crippen molar-refractivity contribution in [3.05, 3.63) is 69.7 Å². The maximum absolute atomic E-state index is 12.0. The number of nitrogens with one attached hydrogen (secondary N) is 3. The van der Waals surface area contributed by atoms with Gasteiger partial charge in [0.2, 0.25) is 0 Å². The lowest BCUT2D eigenvalue weighted by molar-refractivity contribution is 0.0934. The van der Waals surface area contributed by atoms with Crippen molar-refractivity contribution in [2.75, 3.05) is 0 Å². The summed E-state index contributed by atoms with van der Waals surface area (Å²) < 4.78 is 0. The molecule has 8 heteroatoms. The van der Waals surface area contributed by atoms with Crippen LogP contribution < -0.4 is 16.2 Å². The minimum atomic E-state index is -0.478. The highest BCUT2D eigenvalue weighted by Gasteiger charge is 2.12. The highest BCUT2D eigenvalue weighted by molar-refractivity contribution is 7.80. The van der Waals surface area contributed by atoms with Crippen LogP contribution in [0.15, 0.2) is 48.5 Å². The Morgan fingerprint density at radius 1 is 0.870 bits per heavy atom. The van der Waals surface area contributed by atoms with E-state index in [9.17, 15) is 9.59 Å². The quantitative estimate of drug-likeness (QED) is 0.563. The molecule has 0 saturated heterocycles. The van der Waals surface area contributed by atoms with Crippen molar-refractivity contribution in [2.24, 2.45) is 0 Å². The Labute approximate surface area is 147 Å². The fraction of sp³-hybridized carbons (Fsp3) is 0. The highest BCUT2D eigenvalue weighted by Crippen LogP contribution is 2.14. The summed E-state index contributed by atoms with van der Waals surface area (Å²) in [5, 5.41) is 3.18. The molecule has 118 valence electrons. The molecule has 2 rings (SSSR count). The summed E-state index contributed by atoms with van der Waals surface area (Å²) in [6.07, 6.45) is 0. The number of thiocarbonyl (C=S) groups is 1. The van der Waals surface area contributed by atoms with Crippen molar-refractivity contribution in [3.8, 4) is 0 Å². The summed E-state index contributed by atoms with van der Waals surface area (Å²) in [4.78, 5) is 23.8. The minimum absolute atomic E-state index is 0.0581. The van der Waals surface area contributed by atoms with Crippen LogP contribution in [0.25, 0.3) is 0 Å². The zero-order valence-electron chi connectivity index (χ0n) is 11.6. The van der Waals surface area contributed by atoms with E-state index in [1.807, 2.05) is 0 Å². The molecule has 0 atom stereocenters. The molecular weight excluding hydrogens is 357 g/mol. The molecule has 0 aliphatic heterocycles. The fourth-order valence-electron chi connectivity index (χ4n) is 1.63. The van der Waals surface area contributed by atoms with Gasteiger partial charge in [0.1, 0.15) is 0 Å². The minimum Gasteiger partial charge on any atom is -0.298 e. The van der Waals surface area contributed by atoms with E-state index in [4.69, 9.17) is 35.4 Å². The maximum Gasteiger partial charge on any atom is 0.269 e. The maximum atomic E-state index is 12.0. The molecule has 23 heavy (non-hydrogen) atoms. The normalized spacial score (nSPS) is 9.83. The van der Waals surface area contributed by atoms with Gasteiger partial charge in [-0.1, -0.05) is 35.3 Å². The van der Waals surface area contributed by atoms with Crippen LogP contribution in [-0.4, -0.2) is 16.9 Å². The van der Waals surface area contributed by atoms with Crippen LogP contribution in [0.1, 0.15) is 20.7 Å². The van der Waals surface area contributed by atoms with E-state index >= 15 is 0 Å². The molecule has 3 N–H and O–H groups in total. The van der Waals surface area contributed by atoms with Crippen molar-refractivity contribution in [3.63, 3.8) is 0 Å². The summed E-state index contributed by atoms with van der Waals surface area (Å²) in [5.41, 5.74) is 5.48. The topological polar surface area (TPSA) is 70.2 Å². The summed E-state index contributed by atoms with van der Waals surface area (Å²) in [6, 6.07) is 12.8. The Balaban J connectivity index is 1.88. The zero-order chi connectivity index (χ0) is 16.8. The summed E-state index contributed by atoms with van der Waals surface area (Å²) in [7, 11) is 0. The molecule has 5 nitrogen and oxygen atoms in total. The number of hydrogen-bond acceptors (Lipinski definition) is 3. The van der Waals surface area contributed by atoms with Gasteiger partial charge < -0.3 is 0 Å². The van der Waals surface area contributed by atoms with Crippen molar-refractivity contribution in [2.45, 2.75) is 0 Å². The summed E-state index contributed by atoms with van der Waals surface area (Å²) in [5.74, 6) is -0.898. The van der Waals surface area contributed by atoms with Crippen LogP contribution in [-0.2, 0) is 0 Å². The second-order valence-electron chi connectivity index (χ2n) is 4.35. The molecule has 2 aromatic carbocycles. The van der Waals surface area contributed by atoms with Gasteiger partial charge in [0, 0.05) is 10.6 Å². The molecule has 0 fully saturated rings. The van der Waals surface area contributed by atoms with Crippen molar-refractivity contribution < 1.29 is 9.59 Å². The summed E-state index contributed by atoms with van der Waals surface area (Å²) in [6.45, 7) is 0. The number of carbonyl (C=O) groups is 2. The molecule has 2 aromatic rings. The van der Waals surface area contributed by atoms with Crippen LogP contribution in [0.4, 0.5) is 0 Å². The molecule has 0 aliphatic rings. The monoisotopic (exact) mass is 367 g/mol. The SMILES string of the molecule is O=C(NNC(=S)NC(=O)c1ccccc1Cl)c1ccc(Cl)cc1. The highest BCUT2D eigenvalue weighted by atomic mass is 35.5. The van der Waals surface area contributed by atoms with Crippen molar-refractivity contribution in [1.82, 2.24) is 16.2 Å². The molecule has 0 heterocycles. The Hall–Kier alpha value is -2.15. The van der Waals surface area contributed by atoms with E-state index in [0.717, 1.165) is 0 Å². The van der Waals surface area contributed by atoms with Gasteiger partial charge in [-0.3, -0.25) is 25.8 Å². The van der Waals surface area contributed by atoms with Gasteiger partial charge in [-0.25, -0.2) is 0 Å². The van der Waals surface area contributed by atoms with Crippen LogP contribution in [0.3, 0.4) is 0 Å². The lowest BCUT2D eigenvalue weighted by Gasteiger charge is -2.11. The Morgan fingerprint density at radius 3 is 2.17 bits per heavy atom. The number of rotatable bonds is 2. The third kappa shape index (κ3) is 4.92. The van der Waals surface area contributed by atoms with E-state index in [2.05, 4.69) is 16.2 Å². The van der Waals surface area contributed by atoms with E-state index in [-0.39, 0.29) is 10.7 Å². The molecule has 0 aromatic heterocycles. The van der Waals surface area contributed by atoms with Gasteiger partial charge in [0.25, 0.3) is 11.8 Å². The van der Waals surface area contributed by atoms with Crippen molar-refractivity contribution >= 4 is 52.3 Å². The Bertz CT molecular complexity index is 751. The standard InChI is InChI=1S/C15H11Cl2N3O2S/c16-10-7-5-9(6-8-10)13(21)19-20-15(23)18-14(22)11-3-1-2-4-12(11)17/h1-8H,(H,19,21)(H2,18,20,22,23). The zero-order valence-corrected chi connectivity index (χ0v) is 13.9. The number of hydrogen-bond donors (Lipinski definition) is 3. The van der Waals surface area contributed by atoms with Gasteiger partial charge in [0.05, 0.1) is 10.6 Å². The van der Waals surface area contributed by atoms with Crippen LogP contribution in [0.5, 0.6) is 0 Å². The van der Waals surface area contributed by atoms with E-state index in [1.165, 1.54) is 0 Å². The smallest absolute Gasteiger partial charge is 0.269 e. The molecule has 0 aliphatic carbocycles. The molecule has 2 amide bonds. The predicted molar refractivity (Wildman–Crippen MR) is 93.6 cm³/mol. The molecular formula is C15H11Cl2N3O2S. The Kier molecular flexibility index (Phi) is 5.92. The first kappa shape index (κ1) is 17.2. The number of carbonyl (C=O) groups excluding carboxylic acids is 2. The van der Waals surface area contributed by atoms with Crippen LogP contribution in [0, 0.1) is 0 Å². The predicted octanol–water partition coefficient (Wildman–Crippen LogP) is 2.94. The van der Waals surface area contributed by atoms with E-state index in [0.29, 0.717) is 15.6 Å². The average Bonchev–Trinajstić information content (AvgIpc) is 2.53. The van der Waals surface area contributed by atoms with Crippen LogP contribution in [0.2, 0.25) is 10.0 Å². The second kappa shape index (κ2) is 7.92. The van der Waals surface area contributed by atoms with Gasteiger partial charge in [-0.2, -0.15) is 0 Å². The molecule has 0 radical (unpaired) electrons. The number of amides is 2. The summed E-state index contributed by atoms with van der Waals surface area (Å²) >= 11 is 16.6. The first-order valence-electron chi connectivity index (χ1n) is 6.39. The molecule has 0 saturated carbocycles. The largest absolute Gasteiger partial charge is 0.298 e. The molecule has 0 unspecified atom stereocenters. The van der Waals surface area contributed by atoms with Gasteiger partial charge in [0.15, 0.2) is 5.11 Å². The number of halogens is 2. The molecule has 0 spiro atoms. The number of benzene rings is 2. The number of hydrazine groups is 1. The van der Waals surface area contributed by atoms with E-state index in [1.54, 1.807) is 48.5 Å². The first-order chi connectivity index (χ1) is 11.0. The van der Waals surface area contributed by atoms with Gasteiger partial charge in [-0.15, -0.1) is 0 Å². The lowest BCUT2D eigenvalue weighted by atomic mass is 10.2. The lowest BCUT2D eigenvalue weighted by Crippen LogP contribution is -2.48. The van der Waals surface area contributed by atoms with Gasteiger partial charge in [-0.05, 0) is 48.6 Å². The third-order valence-electron chi connectivity index (χ3n) is 2.74. The Morgan fingerprint density at radius 2 is 1.52 bits per heavy atom. The second-order valence-corrected chi connectivity index (χ2v) is 5.60. The first-order valence-corrected chi connectivity index (χ1v) is 7.55. The third-order valence-corrected chi connectivity index (χ3v) is 3.53. The average molecular weight is 368 g/mol.